The van der Waals surface area contributed by atoms with Crippen LogP contribution in [0.1, 0.15) is 33.6 Å². The number of nitrogens with one attached hydrogen (secondary N) is 1. The van der Waals surface area contributed by atoms with Crippen molar-refractivity contribution in [2.24, 2.45) is 0 Å². The third-order valence-electron chi connectivity index (χ3n) is 3.50. The van der Waals surface area contributed by atoms with Gasteiger partial charge in [-0.15, -0.1) is 0 Å². The third kappa shape index (κ3) is 4.62. The van der Waals surface area contributed by atoms with Gasteiger partial charge in [0.25, 0.3) is 0 Å². The molecular formula is C18H24ClNO. The van der Waals surface area contributed by atoms with E-state index in [2.05, 4.69) is 32.2 Å². The van der Waals surface area contributed by atoms with Gasteiger partial charge in [-0.2, -0.15) is 0 Å². The SMILES string of the molecule is CC(C)NCCCC(C)Oc1ccc(Cl)c2ccccc12. The maximum atomic E-state index is 6.23. The predicted molar refractivity (Wildman–Crippen MR) is 91.4 cm³/mol. The molecule has 0 saturated carbocycles. The molecule has 2 rings (SSSR count). The van der Waals surface area contributed by atoms with Gasteiger partial charge in [0.05, 0.1) is 6.10 Å². The summed E-state index contributed by atoms with van der Waals surface area (Å²) < 4.78 is 6.10. The Morgan fingerprint density at radius 2 is 1.76 bits per heavy atom. The van der Waals surface area contributed by atoms with E-state index in [0.717, 1.165) is 40.9 Å². The number of benzene rings is 2. The highest BCUT2D eigenvalue weighted by Crippen LogP contribution is 2.32. The molecule has 0 saturated heterocycles. The second kappa shape index (κ2) is 7.67. The van der Waals surface area contributed by atoms with Gasteiger partial charge in [0.15, 0.2) is 0 Å². The van der Waals surface area contributed by atoms with Gasteiger partial charge < -0.3 is 10.1 Å². The lowest BCUT2D eigenvalue weighted by molar-refractivity contribution is 0.209. The molecule has 0 aliphatic heterocycles. The van der Waals surface area contributed by atoms with Gasteiger partial charge in [-0.3, -0.25) is 0 Å². The van der Waals surface area contributed by atoms with E-state index in [-0.39, 0.29) is 6.10 Å². The second-order valence-corrected chi connectivity index (χ2v) is 6.18. The lowest BCUT2D eigenvalue weighted by Gasteiger charge is -2.17. The molecule has 0 aliphatic carbocycles. The van der Waals surface area contributed by atoms with E-state index in [1.165, 1.54) is 0 Å². The summed E-state index contributed by atoms with van der Waals surface area (Å²) in [5.41, 5.74) is 0. The molecule has 114 valence electrons. The van der Waals surface area contributed by atoms with Gasteiger partial charge in [0, 0.05) is 21.8 Å². The summed E-state index contributed by atoms with van der Waals surface area (Å²) in [5.74, 6) is 0.916. The molecule has 1 atom stereocenters. The average molecular weight is 306 g/mol. The van der Waals surface area contributed by atoms with Crippen LogP contribution < -0.4 is 10.1 Å². The van der Waals surface area contributed by atoms with Crippen molar-refractivity contribution in [3.05, 3.63) is 41.4 Å². The Bertz CT molecular complexity index is 582. The molecule has 0 spiro atoms. The molecule has 21 heavy (non-hydrogen) atoms. The molecule has 2 aromatic carbocycles. The Morgan fingerprint density at radius 3 is 2.48 bits per heavy atom. The number of ether oxygens (including phenoxy) is 1. The van der Waals surface area contributed by atoms with Crippen LogP contribution in [0.3, 0.4) is 0 Å². The number of fused-ring (bicyclic) bond motifs is 1. The minimum atomic E-state index is 0.198. The zero-order valence-electron chi connectivity index (χ0n) is 13.0. The highest BCUT2D eigenvalue weighted by Gasteiger charge is 2.09. The highest BCUT2D eigenvalue weighted by atomic mass is 35.5. The molecule has 0 heterocycles. The van der Waals surface area contributed by atoms with Crippen molar-refractivity contribution in [1.82, 2.24) is 5.32 Å². The van der Waals surface area contributed by atoms with Crippen LogP contribution in [-0.4, -0.2) is 18.7 Å². The summed E-state index contributed by atoms with van der Waals surface area (Å²) in [6.07, 6.45) is 2.35. The molecule has 1 unspecified atom stereocenters. The Balaban J connectivity index is 1.98. The van der Waals surface area contributed by atoms with Crippen LogP contribution in [0, 0.1) is 0 Å². The summed E-state index contributed by atoms with van der Waals surface area (Å²) >= 11 is 6.23. The molecule has 0 aliphatic rings. The number of rotatable bonds is 7. The maximum absolute atomic E-state index is 6.23. The van der Waals surface area contributed by atoms with Crippen LogP contribution in [0.4, 0.5) is 0 Å². The largest absolute Gasteiger partial charge is 0.490 e. The van der Waals surface area contributed by atoms with Crippen LogP contribution >= 0.6 is 11.6 Å². The molecule has 0 amide bonds. The molecule has 2 aromatic rings. The first-order valence-electron chi connectivity index (χ1n) is 7.65. The zero-order valence-corrected chi connectivity index (χ0v) is 13.8. The molecule has 0 bridgehead atoms. The first kappa shape index (κ1) is 16.1. The molecule has 2 nitrogen and oxygen atoms in total. The lowest BCUT2D eigenvalue weighted by Crippen LogP contribution is -2.25. The van der Waals surface area contributed by atoms with Crippen LogP contribution in [0.2, 0.25) is 5.02 Å². The van der Waals surface area contributed by atoms with Crippen molar-refractivity contribution < 1.29 is 4.74 Å². The summed E-state index contributed by atoms with van der Waals surface area (Å²) in [5, 5.41) is 6.33. The maximum Gasteiger partial charge on any atom is 0.127 e. The fraction of sp³-hybridized carbons (Fsp3) is 0.444. The van der Waals surface area contributed by atoms with E-state index >= 15 is 0 Å². The van der Waals surface area contributed by atoms with Crippen LogP contribution in [-0.2, 0) is 0 Å². The predicted octanol–water partition coefficient (Wildman–Crippen LogP) is 5.04. The van der Waals surface area contributed by atoms with Crippen molar-refractivity contribution in [1.29, 1.82) is 0 Å². The zero-order chi connectivity index (χ0) is 15.2. The molecule has 1 N–H and O–H groups in total. The first-order valence-corrected chi connectivity index (χ1v) is 8.03. The fourth-order valence-corrected chi connectivity index (χ4v) is 2.62. The monoisotopic (exact) mass is 305 g/mol. The normalized spacial score (nSPS) is 12.8. The summed E-state index contributed by atoms with van der Waals surface area (Å²) in [4.78, 5) is 0. The van der Waals surface area contributed by atoms with Gasteiger partial charge in [-0.05, 0) is 38.4 Å². The average Bonchev–Trinajstić information content (AvgIpc) is 2.47. The smallest absolute Gasteiger partial charge is 0.127 e. The van der Waals surface area contributed by atoms with Crippen LogP contribution in [0.25, 0.3) is 10.8 Å². The van der Waals surface area contributed by atoms with E-state index in [4.69, 9.17) is 16.3 Å². The Hall–Kier alpha value is -1.25. The topological polar surface area (TPSA) is 21.3 Å². The second-order valence-electron chi connectivity index (χ2n) is 5.77. The van der Waals surface area contributed by atoms with Crippen LogP contribution in [0.15, 0.2) is 36.4 Å². The minimum Gasteiger partial charge on any atom is -0.490 e. The number of hydrogen-bond donors (Lipinski definition) is 1. The fourth-order valence-electron chi connectivity index (χ4n) is 2.39. The molecule has 3 heteroatoms. The van der Waals surface area contributed by atoms with Crippen molar-refractivity contribution in [2.75, 3.05) is 6.54 Å². The van der Waals surface area contributed by atoms with E-state index < -0.39 is 0 Å². The summed E-state index contributed by atoms with van der Waals surface area (Å²) in [6.45, 7) is 7.49. The molecule has 0 fully saturated rings. The third-order valence-corrected chi connectivity index (χ3v) is 3.83. The van der Waals surface area contributed by atoms with E-state index in [1.54, 1.807) is 0 Å². The standard InChI is InChI=1S/C18H24ClNO/c1-13(2)20-12-6-7-14(3)21-18-11-10-17(19)15-8-4-5-9-16(15)18/h4-5,8-11,13-14,20H,6-7,12H2,1-3H3. The first-order chi connectivity index (χ1) is 10.1. The summed E-state index contributed by atoms with van der Waals surface area (Å²) in [7, 11) is 0. The van der Waals surface area contributed by atoms with E-state index in [9.17, 15) is 0 Å². The Labute approximate surface area is 132 Å². The molecule has 0 aromatic heterocycles. The van der Waals surface area contributed by atoms with Crippen molar-refractivity contribution in [3.63, 3.8) is 0 Å². The summed E-state index contributed by atoms with van der Waals surface area (Å²) in [6, 6.07) is 12.5. The molecule has 0 radical (unpaired) electrons. The highest BCUT2D eigenvalue weighted by molar-refractivity contribution is 6.35. The minimum absolute atomic E-state index is 0.198. The lowest BCUT2D eigenvalue weighted by atomic mass is 10.1. The van der Waals surface area contributed by atoms with Gasteiger partial charge >= 0.3 is 0 Å². The Kier molecular flexibility index (Phi) is 5.89. The number of hydrogen-bond acceptors (Lipinski definition) is 2. The van der Waals surface area contributed by atoms with Crippen LogP contribution in [0.5, 0.6) is 5.75 Å². The van der Waals surface area contributed by atoms with Crippen molar-refractivity contribution in [2.45, 2.75) is 45.8 Å². The van der Waals surface area contributed by atoms with Gasteiger partial charge in [0.2, 0.25) is 0 Å². The Morgan fingerprint density at radius 1 is 1.05 bits per heavy atom. The van der Waals surface area contributed by atoms with E-state index in [0.29, 0.717) is 6.04 Å². The van der Waals surface area contributed by atoms with Crippen molar-refractivity contribution >= 4 is 22.4 Å². The molecular weight excluding hydrogens is 282 g/mol. The van der Waals surface area contributed by atoms with Crippen molar-refractivity contribution in [3.8, 4) is 5.75 Å². The number of halogens is 1. The van der Waals surface area contributed by atoms with Gasteiger partial charge in [-0.25, -0.2) is 0 Å². The van der Waals surface area contributed by atoms with Gasteiger partial charge in [-0.1, -0.05) is 49.7 Å². The van der Waals surface area contributed by atoms with E-state index in [1.807, 2.05) is 30.3 Å². The quantitative estimate of drug-likeness (QED) is 0.724. The van der Waals surface area contributed by atoms with Gasteiger partial charge in [0.1, 0.15) is 5.75 Å².